The van der Waals surface area contributed by atoms with Crippen LogP contribution in [0.3, 0.4) is 0 Å². The fourth-order valence-electron chi connectivity index (χ4n) is 11.0. The summed E-state index contributed by atoms with van der Waals surface area (Å²) >= 11 is 0. The van der Waals surface area contributed by atoms with Gasteiger partial charge in [-0.1, -0.05) is 231 Å². The molecule has 0 heteroatoms. The number of rotatable bonds is 6. The number of fused-ring (bicyclic) bond motifs is 5. The van der Waals surface area contributed by atoms with Crippen molar-refractivity contribution in [2.45, 2.75) is 0 Å². The third-order valence-corrected chi connectivity index (χ3v) is 13.5. The molecular weight excluding hydrogens is 769 g/mol. The van der Waals surface area contributed by atoms with Crippen LogP contribution in [0.2, 0.25) is 0 Å². The lowest BCUT2D eigenvalue weighted by Crippen LogP contribution is -1.99. The zero-order valence-electron chi connectivity index (χ0n) is 35.1. The second kappa shape index (κ2) is 14.7. The number of hydrogen-bond acceptors (Lipinski definition) is 0. The van der Waals surface area contributed by atoms with E-state index in [1.54, 1.807) is 0 Å². The predicted molar refractivity (Wildman–Crippen MR) is 275 cm³/mol. The van der Waals surface area contributed by atoms with Gasteiger partial charge in [0.15, 0.2) is 0 Å². The largest absolute Gasteiger partial charge is 0.0622 e. The van der Waals surface area contributed by atoms with E-state index in [2.05, 4.69) is 243 Å². The standard InChI is InChI=1S/C64H40/c1-7-21-41(22-8-1)57-51-39-53-54(40-52(51)58(42-23-9-2-10-24-42)62(46-31-17-6-18-32-46)61(57)45-29-15-5-16-30-45)60(44-27-13-4-14-28-44)64-50-36-20-34-48-38-37-47-33-19-35-49(55(47)56(48)50)63(64)59(53)43-25-11-3-12-26-43/h1-40H. The first-order valence-corrected chi connectivity index (χ1v) is 22.3. The van der Waals surface area contributed by atoms with Crippen LogP contribution in [0, 0.1) is 0 Å². The monoisotopic (exact) mass is 808 g/mol. The summed E-state index contributed by atoms with van der Waals surface area (Å²) in [7, 11) is 0. The lowest BCUT2D eigenvalue weighted by molar-refractivity contribution is 1.57. The van der Waals surface area contributed by atoms with Crippen molar-refractivity contribution < 1.29 is 0 Å². The van der Waals surface area contributed by atoms with Crippen LogP contribution in [0.15, 0.2) is 243 Å². The van der Waals surface area contributed by atoms with Gasteiger partial charge in [-0.2, -0.15) is 0 Å². The van der Waals surface area contributed by atoms with Crippen molar-refractivity contribution in [1.82, 2.24) is 0 Å². The van der Waals surface area contributed by atoms with Crippen LogP contribution < -0.4 is 0 Å². The minimum Gasteiger partial charge on any atom is -0.0622 e. The van der Waals surface area contributed by atoms with Gasteiger partial charge in [0.25, 0.3) is 0 Å². The first-order chi connectivity index (χ1) is 31.8. The molecule has 0 aliphatic carbocycles. The average molecular weight is 809 g/mol. The Kier molecular flexibility index (Phi) is 8.32. The summed E-state index contributed by atoms with van der Waals surface area (Å²) in [5, 5.41) is 15.3. The van der Waals surface area contributed by atoms with Crippen molar-refractivity contribution in [3.63, 3.8) is 0 Å². The highest BCUT2D eigenvalue weighted by Gasteiger charge is 2.28. The van der Waals surface area contributed by atoms with E-state index >= 15 is 0 Å². The summed E-state index contributed by atoms with van der Waals surface area (Å²) < 4.78 is 0. The van der Waals surface area contributed by atoms with Crippen molar-refractivity contribution in [3.05, 3.63) is 243 Å². The van der Waals surface area contributed by atoms with Gasteiger partial charge in [0.05, 0.1) is 0 Å². The molecule has 0 radical (unpaired) electrons. The first kappa shape index (κ1) is 36.3. The molecule has 0 saturated heterocycles. The average Bonchev–Trinajstić information content (AvgIpc) is 3.37. The molecule has 0 spiro atoms. The SMILES string of the molecule is c1ccc(-c2c(-c3ccccc3)c(-c3ccccc3)c3cc4c(-c5ccccc5)c5c6cccc7ccc8cccc(c5c(-c5ccccc5)c4cc3c2-c2ccccc2)c8c76)cc1. The van der Waals surface area contributed by atoms with Gasteiger partial charge < -0.3 is 0 Å². The Bertz CT molecular complexity index is 3620. The Hall–Kier alpha value is -8.32. The molecule has 0 unspecified atom stereocenters. The normalized spacial score (nSPS) is 11.8. The van der Waals surface area contributed by atoms with Crippen molar-refractivity contribution in [2.75, 3.05) is 0 Å². The van der Waals surface area contributed by atoms with Crippen LogP contribution in [0.1, 0.15) is 0 Å². The molecule has 0 aromatic heterocycles. The topological polar surface area (TPSA) is 0 Å². The molecule has 0 aliphatic rings. The maximum Gasteiger partial charge on any atom is -0.000741 e. The van der Waals surface area contributed by atoms with E-state index in [9.17, 15) is 0 Å². The van der Waals surface area contributed by atoms with Crippen molar-refractivity contribution in [2.24, 2.45) is 0 Å². The molecule has 0 amide bonds. The summed E-state index contributed by atoms with van der Waals surface area (Å²) in [6.45, 7) is 0. The Morgan fingerprint density at radius 1 is 0.156 bits per heavy atom. The fraction of sp³-hybridized carbons (Fsp3) is 0. The molecule has 0 nitrogen and oxygen atoms in total. The molecule has 13 aromatic rings. The maximum absolute atomic E-state index is 2.57. The molecule has 0 saturated carbocycles. The third kappa shape index (κ3) is 5.49. The van der Waals surface area contributed by atoms with Gasteiger partial charge in [-0.15, -0.1) is 0 Å². The second-order valence-electron chi connectivity index (χ2n) is 17.0. The highest BCUT2D eigenvalue weighted by atomic mass is 14.3. The van der Waals surface area contributed by atoms with Gasteiger partial charge >= 0.3 is 0 Å². The molecule has 13 rings (SSSR count). The van der Waals surface area contributed by atoms with Crippen molar-refractivity contribution in [3.8, 4) is 66.8 Å². The van der Waals surface area contributed by atoms with Crippen molar-refractivity contribution in [1.29, 1.82) is 0 Å². The zero-order chi connectivity index (χ0) is 42.1. The number of hydrogen-bond donors (Lipinski definition) is 0. The van der Waals surface area contributed by atoms with Gasteiger partial charge in [0.2, 0.25) is 0 Å². The molecule has 0 N–H and O–H groups in total. The summed E-state index contributed by atoms with van der Waals surface area (Å²) in [6.07, 6.45) is 0. The zero-order valence-corrected chi connectivity index (χ0v) is 35.1. The fourth-order valence-corrected chi connectivity index (χ4v) is 11.0. The maximum atomic E-state index is 2.57. The highest BCUT2D eigenvalue weighted by molar-refractivity contribution is 6.41. The lowest BCUT2D eigenvalue weighted by atomic mass is 9.76. The Morgan fingerprint density at radius 2 is 0.422 bits per heavy atom. The van der Waals surface area contributed by atoms with E-state index in [1.807, 2.05) is 0 Å². The first-order valence-electron chi connectivity index (χ1n) is 22.3. The Balaban J connectivity index is 1.38. The van der Waals surface area contributed by atoms with E-state index in [0.29, 0.717) is 0 Å². The van der Waals surface area contributed by atoms with E-state index in [-0.39, 0.29) is 0 Å². The van der Waals surface area contributed by atoms with Crippen LogP contribution in [-0.4, -0.2) is 0 Å². The highest BCUT2D eigenvalue weighted by Crippen LogP contribution is 2.56. The molecule has 0 atom stereocenters. The number of benzene rings is 13. The van der Waals surface area contributed by atoms with Crippen molar-refractivity contribution >= 4 is 64.6 Å². The van der Waals surface area contributed by atoms with Gasteiger partial charge in [0.1, 0.15) is 0 Å². The molecule has 13 aromatic carbocycles. The quantitative estimate of drug-likeness (QED) is 0.116. The van der Waals surface area contributed by atoms with Crippen LogP contribution in [0.25, 0.3) is 131 Å². The van der Waals surface area contributed by atoms with E-state index in [0.717, 1.165) is 0 Å². The van der Waals surface area contributed by atoms with Crippen LogP contribution in [0.5, 0.6) is 0 Å². The summed E-state index contributed by atoms with van der Waals surface area (Å²) in [4.78, 5) is 0. The molecular formula is C64H40. The predicted octanol–water partition coefficient (Wildman–Crippen LogP) is 18.0. The smallest absolute Gasteiger partial charge is 0.000741 e. The van der Waals surface area contributed by atoms with Crippen LogP contribution in [0.4, 0.5) is 0 Å². The minimum atomic E-state index is 1.19. The minimum absolute atomic E-state index is 1.19. The van der Waals surface area contributed by atoms with Crippen LogP contribution in [-0.2, 0) is 0 Å². The Labute approximate surface area is 372 Å². The van der Waals surface area contributed by atoms with Gasteiger partial charge in [-0.3, -0.25) is 0 Å². The van der Waals surface area contributed by atoms with Crippen LogP contribution >= 0.6 is 0 Å². The van der Waals surface area contributed by atoms with E-state index < -0.39 is 0 Å². The molecule has 0 heterocycles. The molecule has 64 heavy (non-hydrogen) atoms. The summed E-state index contributed by atoms with van der Waals surface area (Å²) in [5.41, 5.74) is 14.6. The van der Waals surface area contributed by atoms with E-state index in [4.69, 9.17) is 0 Å². The molecule has 0 aliphatic heterocycles. The molecule has 0 bridgehead atoms. The second-order valence-corrected chi connectivity index (χ2v) is 17.0. The van der Waals surface area contributed by atoms with Gasteiger partial charge in [0, 0.05) is 0 Å². The Morgan fingerprint density at radius 3 is 0.734 bits per heavy atom. The lowest BCUT2D eigenvalue weighted by Gasteiger charge is -2.27. The summed E-state index contributed by atoms with van der Waals surface area (Å²) in [6, 6.07) is 90.1. The third-order valence-electron chi connectivity index (χ3n) is 13.5. The molecule has 0 fully saturated rings. The van der Waals surface area contributed by atoms with Gasteiger partial charge in [-0.05, 0) is 144 Å². The molecule has 296 valence electrons. The van der Waals surface area contributed by atoms with Gasteiger partial charge in [-0.25, -0.2) is 0 Å². The summed E-state index contributed by atoms with van der Waals surface area (Å²) in [5.74, 6) is 0. The van der Waals surface area contributed by atoms with E-state index in [1.165, 1.54) is 131 Å².